The van der Waals surface area contributed by atoms with Gasteiger partial charge in [-0.1, -0.05) is 6.07 Å². The van der Waals surface area contributed by atoms with Gasteiger partial charge in [0.15, 0.2) is 11.5 Å². The molecule has 25 heavy (non-hydrogen) atoms. The van der Waals surface area contributed by atoms with Gasteiger partial charge in [0.1, 0.15) is 5.82 Å². The molecule has 2 aliphatic rings. The lowest BCUT2D eigenvalue weighted by Crippen LogP contribution is -2.45. The van der Waals surface area contributed by atoms with Gasteiger partial charge in [-0.25, -0.2) is 4.98 Å². The molecule has 7 heteroatoms. The Morgan fingerprint density at radius 1 is 1.24 bits per heavy atom. The number of rotatable bonds is 2. The van der Waals surface area contributed by atoms with Gasteiger partial charge >= 0.3 is 0 Å². The first kappa shape index (κ1) is 15.7. The van der Waals surface area contributed by atoms with Crippen molar-refractivity contribution in [2.24, 2.45) is 0 Å². The monoisotopic (exact) mass is 341 g/mol. The van der Waals surface area contributed by atoms with Gasteiger partial charge in [-0.2, -0.15) is 0 Å². The summed E-state index contributed by atoms with van der Waals surface area (Å²) in [5.74, 6) is 1.62. The number of nitrogen functional groups attached to an aromatic ring is 1. The van der Waals surface area contributed by atoms with Crippen molar-refractivity contribution in [3.63, 3.8) is 0 Å². The summed E-state index contributed by atoms with van der Waals surface area (Å²) >= 11 is 0. The zero-order valence-corrected chi connectivity index (χ0v) is 13.6. The van der Waals surface area contributed by atoms with E-state index in [9.17, 15) is 9.90 Å². The zero-order valence-electron chi connectivity index (χ0n) is 13.6. The van der Waals surface area contributed by atoms with Crippen LogP contribution in [0.25, 0.3) is 0 Å². The number of hydrogen-bond acceptors (Lipinski definition) is 6. The Kier molecular flexibility index (Phi) is 3.93. The van der Waals surface area contributed by atoms with Crippen LogP contribution in [0.15, 0.2) is 36.5 Å². The van der Waals surface area contributed by atoms with Gasteiger partial charge in [0.05, 0.1) is 11.7 Å². The maximum atomic E-state index is 12.6. The van der Waals surface area contributed by atoms with Gasteiger partial charge < -0.3 is 25.2 Å². The number of ether oxygens (including phenoxy) is 2. The van der Waals surface area contributed by atoms with Crippen molar-refractivity contribution in [3.05, 3.63) is 47.7 Å². The molecule has 1 saturated heterocycles. The number of piperidine rings is 1. The number of β-amino-alcohol motifs (C(OH)–C–C–N with tert-alkyl or cyclic N) is 1. The number of nitrogens with two attached hydrogens (primary N) is 1. The van der Waals surface area contributed by atoms with Crippen LogP contribution < -0.4 is 15.2 Å². The molecule has 1 fully saturated rings. The number of aromatic nitrogens is 1. The molecule has 2 atom stereocenters. The Morgan fingerprint density at radius 2 is 2.08 bits per heavy atom. The van der Waals surface area contributed by atoms with Gasteiger partial charge in [0.25, 0.3) is 5.91 Å². The maximum Gasteiger partial charge on any atom is 0.255 e. The molecule has 0 aliphatic carbocycles. The normalized spacial score (nSPS) is 22.0. The molecule has 2 aliphatic heterocycles. The highest BCUT2D eigenvalue weighted by atomic mass is 16.7. The predicted molar refractivity (Wildman–Crippen MR) is 90.5 cm³/mol. The third kappa shape index (κ3) is 2.98. The fourth-order valence-corrected chi connectivity index (χ4v) is 3.36. The lowest BCUT2D eigenvalue weighted by molar-refractivity contribution is 0.0381. The second-order valence-electron chi connectivity index (χ2n) is 6.30. The van der Waals surface area contributed by atoms with E-state index in [0.29, 0.717) is 30.1 Å². The van der Waals surface area contributed by atoms with Crippen molar-refractivity contribution < 1.29 is 19.4 Å². The third-order valence-corrected chi connectivity index (χ3v) is 4.73. The van der Waals surface area contributed by atoms with Crippen LogP contribution in [-0.2, 0) is 0 Å². The standard InChI is InChI=1S/C18H19N3O4/c19-17-4-2-12(8-20-17)18(23)21-6-5-13(14(22)9-21)11-1-3-15-16(7-11)25-10-24-15/h1-4,7-8,13-14,22H,5-6,9-10H2,(H2,19,20)/t13-,14+/m0/s1. The maximum absolute atomic E-state index is 12.6. The number of fused-ring (bicyclic) bond motifs is 1. The molecule has 3 N–H and O–H groups in total. The van der Waals surface area contributed by atoms with Crippen LogP contribution in [0.2, 0.25) is 0 Å². The minimum Gasteiger partial charge on any atom is -0.454 e. The Hall–Kier alpha value is -2.80. The first-order valence-electron chi connectivity index (χ1n) is 8.20. The van der Waals surface area contributed by atoms with Gasteiger partial charge in [0.2, 0.25) is 6.79 Å². The van der Waals surface area contributed by atoms with Crippen LogP contribution in [0.4, 0.5) is 5.82 Å². The summed E-state index contributed by atoms with van der Waals surface area (Å²) in [5, 5.41) is 10.6. The van der Waals surface area contributed by atoms with Crippen molar-refractivity contribution in [2.75, 3.05) is 25.6 Å². The van der Waals surface area contributed by atoms with Crippen LogP contribution in [0.3, 0.4) is 0 Å². The number of aliphatic hydroxyl groups is 1. The van der Waals surface area contributed by atoms with E-state index in [1.807, 2.05) is 18.2 Å². The molecule has 4 rings (SSSR count). The molecule has 0 unspecified atom stereocenters. The average molecular weight is 341 g/mol. The lowest BCUT2D eigenvalue weighted by atomic mass is 9.86. The van der Waals surface area contributed by atoms with Crippen molar-refractivity contribution in [1.82, 2.24) is 9.88 Å². The van der Waals surface area contributed by atoms with E-state index in [2.05, 4.69) is 4.98 Å². The number of benzene rings is 1. The van der Waals surface area contributed by atoms with Gasteiger partial charge in [-0.05, 0) is 36.2 Å². The van der Waals surface area contributed by atoms with Crippen LogP contribution >= 0.6 is 0 Å². The summed E-state index contributed by atoms with van der Waals surface area (Å²) in [7, 11) is 0. The van der Waals surface area contributed by atoms with Crippen molar-refractivity contribution >= 4 is 11.7 Å². The van der Waals surface area contributed by atoms with Crippen LogP contribution in [0, 0.1) is 0 Å². The average Bonchev–Trinajstić information content (AvgIpc) is 3.09. The Morgan fingerprint density at radius 3 is 2.84 bits per heavy atom. The Bertz CT molecular complexity index is 793. The summed E-state index contributed by atoms with van der Waals surface area (Å²) in [6.45, 7) is 1.08. The number of likely N-dealkylation sites (tertiary alicyclic amines) is 1. The highest BCUT2D eigenvalue weighted by molar-refractivity contribution is 5.94. The number of carbonyl (C=O) groups excluding carboxylic acids is 1. The second-order valence-corrected chi connectivity index (χ2v) is 6.30. The molecule has 3 heterocycles. The quantitative estimate of drug-likeness (QED) is 0.856. The van der Waals surface area contributed by atoms with Crippen LogP contribution in [0.5, 0.6) is 11.5 Å². The van der Waals surface area contributed by atoms with E-state index in [1.54, 1.807) is 17.0 Å². The molecule has 1 amide bonds. The summed E-state index contributed by atoms with van der Waals surface area (Å²) in [4.78, 5) is 18.2. The second kappa shape index (κ2) is 6.25. The fourth-order valence-electron chi connectivity index (χ4n) is 3.36. The third-order valence-electron chi connectivity index (χ3n) is 4.73. The molecule has 1 aromatic carbocycles. The number of amides is 1. The van der Waals surface area contributed by atoms with E-state index in [4.69, 9.17) is 15.2 Å². The van der Waals surface area contributed by atoms with Crippen molar-refractivity contribution in [1.29, 1.82) is 0 Å². The molecule has 0 bridgehead atoms. The summed E-state index contributed by atoms with van der Waals surface area (Å²) in [5.41, 5.74) is 7.03. The number of carbonyl (C=O) groups is 1. The van der Waals surface area contributed by atoms with Crippen LogP contribution in [-0.4, -0.2) is 46.9 Å². The number of pyridine rings is 1. The highest BCUT2D eigenvalue weighted by Gasteiger charge is 2.32. The first-order chi connectivity index (χ1) is 12.1. The number of nitrogens with zero attached hydrogens (tertiary/aromatic N) is 2. The number of hydrogen-bond donors (Lipinski definition) is 2. The Labute approximate surface area is 145 Å². The molecule has 2 aromatic rings. The van der Waals surface area contributed by atoms with Gasteiger partial charge in [-0.15, -0.1) is 0 Å². The smallest absolute Gasteiger partial charge is 0.255 e. The zero-order chi connectivity index (χ0) is 17.4. The van der Waals surface area contributed by atoms with E-state index in [1.165, 1.54) is 6.20 Å². The first-order valence-corrected chi connectivity index (χ1v) is 8.20. The number of anilines is 1. The van der Waals surface area contributed by atoms with Crippen LogP contribution in [0.1, 0.15) is 28.3 Å². The topological polar surface area (TPSA) is 97.9 Å². The SMILES string of the molecule is Nc1ccc(C(=O)N2CC[C@@H](c3ccc4c(c3)OCO4)[C@H](O)C2)cn1. The summed E-state index contributed by atoms with van der Waals surface area (Å²) in [6.07, 6.45) is 1.50. The molecule has 1 aromatic heterocycles. The summed E-state index contributed by atoms with van der Waals surface area (Å²) in [6, 6.07) is 8.98. The molecular weight excluding hydrogens is 322 g/mol. The van der Waals surface area contributed by atoms with E-state index in [0.717, 1.165) is 11.3 Å². The number of aliphatic hydroxyl groups excluding tert-OH is 1. The molecule has 0 radical (unpaired) electrons. The van der Waals surface area contributed by atoms with E-state index in [-0.39, 0.29) is 25.2 Å². The predicted octanol–water partition coefficient (Wildman–Crippen LogP) is 1.38. The Balaban J connectivity index is 1.47. The fraction of sp³-hybridized carbons (Fsp3) is 0.333. The molecular formula is C18H19N3O4. The minimum absolute atomic E-state index is 0.0388. The van der Waals surface area contributed by atoms with Gasteiger partial charge in [0, 0.05) is 25.2 Å². The molecule has 7 nitrogen and oxygen atoms in total. The van der Waals surface area contributed by atoms with Gasteiger partial charge in [-0.3, -0.25) is 4.79 Å². The molecule has 0 spiro atoms. The highest BCUT2D eigenvalue weighted by Crippen LogP contribution is 2.37. The molecule has 0 saturated carbocycles. The summed E-state index contributed by atoms with van der Waals surface area (Å²) < 4.78 is 10.7. The molecule has 130 valence electrons. The van der Waals surface area contributed by atoms with E-state index >= 15 is 0 Å². The van der Waals surface area contributed by atoms with E-state index < -0.39 is 6.10 Å². The largest absolute Gasteiger partial charge is 0.454 e. The lowest BCUT2D eigenvalue weighted by Gasteiger charge is -2.36. The van der Waals surface area contributed by atoms with Crippen molar-refractivity contribution in [3.8, 4) is 11.5 Å². The minimum atomic E-state index is -0.639. The van der Waals surface area contributed by atoms with Crippen molar-refractivity contribution in [2.45, 2.75) is 18.4 Å².